The number of benzene rings is 4. The van der Waals surface area contributed by atoms with Gasteiger partial charge in [0.05, 0.1) is 33.4 Å². The van der Waals surface area contributed by atoms with E-state index in [1.165, 1.54) is 5.56 Å². The van der Waals surface area contributed by atoms with Crippen molar-refractivity contribution in [1.29, 1.82) is 0 Å². The molecule has 0 aliphatic rings. The number of aromatic nitrogens is 4. The van der Waals surface area contributed by atoms with Gasteiger partial charge in [-0.25, -0.2) is 14.9 Å². The molecule has 6 heteroatoms. The monoisotopic (exact) mass is 493 g/mol. The van der Waals surface area contributed by atoms with Crippen LogP contribution in [0.15, 0.2) is 102 Å². The molecule has 2 heterocycles. The lowest BCUT2D eigenvalue weighted by atomic mass is 10.2. The summed E-state index contributed by atoms with van der Waals surface area (Å²) >= 11 is 3.56. The van der Waals surface area contributed by atoms with Crippen LogP contribution in [0, 0.1) is 6.92 Å². The molecule has 4 aromatic carbocycles. The van der Waals surface area contributed by atoms with E-state index in [1.807, 2.05) is 54.6 Å². The zero-order valence-corrected chi connectivity index (χ0v) is 19.5. The van der Waals surface area contributed by atoms with E-state index in [1.54, 1.807) is 0 Å². The molecule has 0 spiro atoms. The van der Waals surface area contributed by atoms with Gasteiger partial charge in [0, 0.05) is 4.47 Å². The van der Waals surface area contributed by atoms with Gasteiger partial charge in [-0.1, -0.05) is 58.4 Å². The fourth-order valence-electron chi connectivity index (χ4n) is 4.18. The molecule has 33 heavy (non-hydrogen) atoms. The molecule has 0 fully saturated rings. The van der Waals surface area contributed by atoms with Crippen LogP contribution in [0.2, 0.25) is 0 Å². The molecule has 0 atom stereocenters. The van der Waals surface area contributed by atoms with E-state index in [-0.39, 0.29) is 0 Å². The fraction of sp³-hybridized carbons (Fsp3) is 0.0370. The number of fused-ring (bicyclic) bond motifs is 2. The van der Waals surface area contributed by atoms with Crippen LogP contribution in [-0.4, -0.2) is 19.5 Å². The maximum absolute atomic E-state index is 5.09. The second kappa shape index (κ2) is 7.90. The van der Waals surface area contributed by atoms with Gasteiger partial charge >= 0.3 is 0 Å². The molecule has 0 saturated heterocycles. The van der Waals surface area contributed by atoms with Gasteiger partial charge < -0.3 is 4.98 Å². The van der Waals surface area contributed by atoms with Gasteiger partial charge in [-0.05, 0) is 67.1 Å². The van der Waals surface area contributed by atoms with Gasteiger partial charge in [-0.15, -0.1) is 0 Å². The molecule has 2 aromatic heterocycles. The van der Waals surface area contributed by atoms with Crippen LogP contribution in [0.4, 0.5) is 17.6 Å². The highest BCUT2D eigenvalue weighted by Crippen LogP contribution is 2.38. The van der Waals surface area contributed by atoms with Crippen molar-refractivity contribution in [3.05, 3.63) is 107 Å². The second-order valence-corrected chi connectivity index (χ2v) is 8.83. The third-order valence-electron chi connectivity index (χ3n) is 5.77. The van der Waals surface area contributed by atoms with Crippen molar-refractivity contribution in [1.82, 2.24) is 19.5 Å². The topological polar surface area (TPSA) is 49.7 Å². The van der Waals surface area contributed by atoms with E-state index in [0.717, 1.165) is 43.9 Å². The first-order valence-corrected chi connectivity index (χ1v) is 11.5. The number of halogens is 1. The van der Waals surface area contributed by atoms with Crippen LogP contribution < -0.4 is 4.90 Å². The number of imidazole rings is 2. The molecular formula is C27H20BrN5. The Morgan fingerprint density at radius 2 is 1.45 bits per heavy atom. The van der Waals surface area contributed by atoms with Crippen molar-refractivity contribution < 1.29 is 0 Å². The SMILES string of the molecule is Cc1ccccc1-n1c(N(c2ccc(Br)cc2)c2nc3ccccc3[nH]2)nc2ccccc21. The number of aromatic amines is 1. The second-order valence-electron chi connectivity index (χ2n) is 7.91. The number of H-pyrrole nitrogens is 1. The van der Waals surface area contributed by atoms with Gasteiger partial charge in [0.15, 0.2) is 0 Å². The minimum atomic E-state index is 0.712. The van der Waals surface area contributed by atoms with Crippen LogP contribution in [-0.2, 0) is 0 Å². The minimum Gasteiger partial charge on any atom is -0.323 e. The summed E-state index contributed by atoms with van der Waals surface area (Å²) in [6, 6.07) is 32.9. The van der Waals surface area contributed by atoms with Crippen LogP contribution >= 0.6 is 15.9 Å². The summed E-state index contributed by atoms with van der Waals surface area (Å²) in [5.74, 6) is 1.48. The lowest BCUT2D eigenvalue weighted by Gasteiger charge is -2.23. The Kier molecular flexibility index (Phi) is 4.73. The van der Waals surface area contributed by atoms with Gasteiger partial charge in [0.2, 0.25) is 11.9 Å². The third-order valence-corrected chi connectivity index (χ3v) is 6.30. The van der Waals surface area contributed by atoms with Gasteiger partial charge in [-0.3, -0.25) is 4.57 Å². The van der Waals surface area contributed by atoms with E-state index in [9.17, 15) is 0 Å². The fourth-order valence-corrected chi connectivity index (χ4v) is 4.45. The van der Waals surface area contributed by atoms with Crippen LogP contribution in [0.3, 0.4) is 0 Å². The summed E-state index contributed by atoms with van der Waals surface area (Å²) in [5, 5.41) is 0. The Hall–Kier alpha value is -3.90. The average molecular weight is 494 g/mol. The van der Waals surface area contributed by atoms with Crippen molar-refractivity contribution >= 4 is 55.6 Å². The van der Waals surface area contributed by atoms with Gasteiger partial charge in [0.25, 0.3) is 0 Å². The quantitative estimate of drug-likeness (QED) is 0.277. The Labute approximate surface area is 199 Å². The highest BCUT2D eigenvalue weighted by Gasteiger charge is 2.24. The predicted molar refractivity (Wildman–Crippen MR) is 138 cm³/mol. The molecular weight excluding hydrogens is 474 g/mol. The standard InChI is InChI=1S/C27H20BrN5/c1-18-8-2-6-12-24(18)33-25-13-7-5-11-23(25)31-27(33)32(20-16-14-19(28)15-17-20)26-29-21-9-3-4-10-22(21)30-26/h2-17H,1H3,(H,29,30). The molecule has 0 saturated carbocycles. The molecule has 6 rings (SSSR count). The summed E-state index contributed by atoms with van der Waals surface area (Å²) in [6.45, 7) is 2.12. The summed E-state index contributed by atoms with van der Waals surface area (Å²) in [5.41, 5.74) is 7.07. The largest absolute Gasteiger partial charge is 0.323 e. The molecule has 0 amide bonds. The number of nitrogens with zero attached hydrogens (tertiary/aromatic N) is 4. The number of anilines is 3. The van der Waals surface area contributed by atoms with E-state index >= 15 is 0 Å². The number of para-hydroxylation sites is 5. The number of nitrogens with one attached hydrogen (secondary N) is 1. The predicted octanol–water partition coefficient (Wildman–Crippen LogP) is 7.44. The third kappa shape index (κ3) is 3.39. The molecule has 160 valence electrons. The molecule has 0 unspecified atom stereocenters. The number of aryl methyl sites for hydroxylation is 1. The Bertz CT molecular complexity index is 1560. The number of rotatable bonds is 4. The van der Waals surface area contributed by atoms with Crippen molar-refractivity contribution in [2.24, 2.45) is 0 Å². The van der Waals surface area contributed by atoms with Crippen molar-refractivity contribution in [2.45, 2.75) is 6.92 Å². The maximum atomic E-state index is 5.09. The van der Waals surface area contributed by atoms with Crippen molar-refractivity contribution in [2.75, 3.05) is 4.90 Å². The lowest BCUT2D eigenvalue weighted by Crippen LogP contribution is -2.17. The highest BCUT2D eigenvalue weighted by molar-refractivity contribution is 9.10. The molecule has 5 nitrogen and oxygen atoms in total. The molecule has 0 bridgehead atoms. The van der Waals surface area contributed by atoms with E-state index in [0.29, 0.717) is 5.95 Å². The van der Waals surface area contributed by atoms with E-state index < -0.39 is 0 Å². The van der Waals surface area contributed by atoms with Crippen LogP contribution in [0.25, 0.3) is 27.8 Å². The first-order chi connectivity index (χ1) is 16.2. The number of hydrogen-bond acceptors (Lipinski definition) is 3. The first-order valence-electron chi connectivity index (χ1n) is 10.7. The van der Waals surface area contributed by atoms with E-state index in [4.69, 9.17) is 9.97 Å². The summed E-state index contributed by atoms with van der Waals surface area (Å²) < 4.78 is 3.23. The molecule has 1 N–H and O–H groups in total. The van der Waals surface area contributed by atoms with Crippen molar-refractivity contribution in [3.8, 4) is 5.69 Å². The zero-order chi connectivity index (χ0) is 22.4. The van der Waals surface area contributed by atoms with Gasteiger partial charge in [0.1, 0.15) is 0 Å². The Balaban J connectivity index is 1.68. The summed E-state index contributed by atoms with van der Waals surface area (Å²) in [6.07, 6.45) is 0. The highest BCUT2D eigenvalue weighted by atomic mass is 79.9. The minimum absolute atomic E-state index is 0.712. The zero-order valence-electron chi connectivity index (χ0n) is 17.9. The molecule has 6 aromatic rings. The summed E-state index contributed by atoms with van der Waals surface area (Å²) in [7, 11) is 0. The van der Waals surface area contributed by atoms with Gasteiger partial charge in [-0.2, -0.15) is 0 Å². The van der Waals surface area contributed by atoms with Crippen molar-refractivity contribution in [3.63, 3.8) is 0 Å². The summed E-state index contributed by atoms with van der Waals surface area (Å²) in [4.78, 5) is 15.6. The molecule has 0 aliphatic carbocycles. The van der Waals surface area contributed by atoms with Crippen LogP contribution in [0.5, 0.6) is 0 Å². The lowest BCUT2D eigenvalue weighted by molar-refractivity contribution is 0.999. The van der Waals surface area contributed by atoms with Crippen LogP contribution in [0.1, 0.15) is 5.56 Å². The maximum Gasteiger partial charge on any atom is 0.222 e. The Morgan fingerprint density at radius 1 is 0.758 bits per heavy atom. The number of hydrogen-bond donors (Lipinski definition) is 1. The Morgan fingerprint density at radius 3 is 2.24 bits per heavy atom. The molecule has 0 radical (unpaired) electrons. The normalized spacial score (nSPS) is 11.3. The first kappa shape index (κ1) is 19.8. The molecule has 0 aliphatic heterocycles. The smallest absolute Gasteiger partial charge is 0.222 e. The average Bonchev–Trinajstić information content (AvgIpc) is 3.42. The van der Waals surface area contributed by atoms with E-state index in [2.05, 4.69) is 79.8 Å².